The number of phenols is 1. The van der Waals surface area contributed by atoms with Gasteiger partial charge in [-0.1, -0.05) is 0 Å². The molecule has 3 nitrogen and oxygen atoms in total. The average Bonchev–Trinajstić information content (AvgIpc) is 2.12. The molecule has 1 aromatic rings. The van der Waals surface area contributed by atoms with Crippen molar-refractivity contribution in [2.75, 3.05) is 13.6 Å². The van der Waals surface area contributed by atoms with Gasteiger partial charge in [-0.25, -0.2) is 4.39 Å². The van der Waals surface area contributed by atoms with Crippen molar-refractivity contribution in [3.05, 3.63) is 29.1 Å². The molecule has 0 spiro atoms. The molecule has 0 saturated heterocycles. The molecular weight excluding hydrogens is 185 g/mol. The molecule has 0 bridgehead atoms. The first-order valence-corrected chi connectivity index (χ1v) is 4.36. The highest BCUT2D eigenvalue weighted by Gasteiger charge is 2.24. The molecular formula is C10H10FNO2. The van der Waals surface area contributed by atoms with Crippen LogP contribution in [0, 0.1) is 5.82 Å². The molecule has 0 aromatic heterocycles. The number of carbonyl (C=O) groups excluding carboxylic acids is 1. The van der Waals surface area contributed by atoms with Crippen LogP contribution in [-0.4, -0.2) is 29.5 Å². The smallest absolute Gasteiger partial charge is 0.254 e. The molecule has 2 rings (SSSR count). The zero-order chi connectivity index (χ0) is 10.3. The number of hydrogen-bond donors (Lipinski definition) is 1. The summed E-state index contributed by atoms with van der Waals surface area (Å²) in [5, 5.41) is 9.43. The third-order valence-corrected chi connectivity index (χ3v) is 2.47. The van der Waals surface area contributed by atoms with E-state index in [0.717, 1.165) is 6.07 Å². The number of benzene rings is 1. The normalized spacial score (nSPS) is 15.6. The van der Waals surface area contributed by atoms with Crippen LogP contribution in [0.2, 0.25) is 0 Å². The minimum Gasteiger partial charge on any atom is -0.508 e. The third kappa shape index (κ3) is 1.23. The quantitative estimate of drug-likeness (QED) is 0.674. The van der Waals surface area contributed by atoms with E-state index in [4.69, 9.17) is 0 Å². The van der Waals surface area contributed by atoms with E-state index in [1.54, 1.807) is 7.05 Å². The SMILES string of the molecule is CN1CCc2c(O)cc(F)cc2C1=O. The molecule has 1 N–H and O–H groups in total. The Bertz CT molecular complexity index is 403. The second-order valence-electron chi connectivity index (χ2n) is 3.43. The maximum absolute atomic E-state index is 12.9. The van der Waals surface area contributed by atoms with Gasteiger partial charge in [-0.15, -0.1) is 0 Å². The number of aromatic hydroxyl groups is 1. The van der Waals surface area contributed by atoms with Crippen LogP contribution in [0.25, 0.3) is 0 Å². The minimum absolute atomic E-state index is 0.124. The monoisotopic (exact) mass is 195 g/mol. The van der Waals surface area contributed by atoms with E-state index >= 15 is 0 Å². The molecule has 4 heteroatoms. The largest absolute Gasteiger partial charge is 0.508 e. The summed E-state index contributed by atoms with van der Waals surface area (Å²) < 4.78 is 12.9. The van der Waals surface area contributed by atoms with Gasteiger partial charge in [0.15, 0.2) is 0 Å². The first-order chi connectivity index (χ1) is 6.59. The van der Waals surface area contributed by atoms with E-state index in [1.807, 2.05) is 0 Å². The van der Waals surface area contributed by atoms with Crippen LogP contribution in [0.4, 0.5) is 4.39 Å². The van der Waals surface area contributed by atoms with Crippen molar-refractivity contribution in [3.63, 3.8) is 0 Å². The molecule has 0 unspecified atom stereocenters. The summed E-state index contributed by atoms with van der Waals surface area (Å²) in [6, 6.07) is 2.21. The lowest BCUT2D eigenvalue weighted by atomic mass is 9.98. The van der Waals surface area contributed by atoms with Gasteiger partial charge in [0.1, 0.15) is 11.6 Å². The predicted molar refractivity (Wildman–Crippen MR) is 48.7 cm³/mol. The molecule has 0 aliphatic carbocycles. The molecule has 1 heterocycles. The van der Waals surface area contributed by atoms with Crippen LogP contribution >= 0.6 is 0 Å². The van der Waals surface area contributed by atoms with Crippen LogP contribution in [0.1, 0.15) is 15.9 Å². The van der Waals surface area contributed by atoms with Crippen molar-refractivity contribution in [3.8, 4) is 5.75 Å². The summed E-state index contributed by atoms with van der Waals surface area (Å²) in [5.74, 6) is -0.938. The molecule has 1 aliphatic heterocycles. The van der Waals surface area contributed by atoms with Gasteiger partial charge in [0, 0.05) is 30.8 Å². The van der Waals surface area contributed by atoms with Crippen LogP contribution in [0.3, 0.4) is 0 Å². The van der Waals surface area contributed by atoms with Gasteiger partial charge < -0.3 is 10.0 Å². The lowest BCUT2D eigenvalue weighted by Crippen LogP contribution is -2.34. The van der Waals surface area contributed by atoms with Gasteiger partial charge in [0.25, 0.3) is 5.91 Å². The van der Waals surface area contributed by atoms with Crippen LogP contribution < -0.4 is 0 Å². The average molecular weight is 195 g/mol. The Kier molecular flexibility index (Phi) is 1.91. The molecule has 14 heavy (non-hydrogen) atoms. The van der Waals surface area contributed by atoms with E-state index < -0.39 is 5.82 Å². The van der Waals surface area contributed by atoms with Crippen molar-refractivity contribution >= 4 is 5.91 Å². The summed E-state index contributed by atoms with van der Waals surface area (Å²) in [6.45, 7) is 0.561. The number of fused-ring (bicyclic) bond motifs is 1. The fraction of sp³-hybridized carbons (Fsp3) is 0.300. The number of nitrogens with zero attached hydrogens (tertiary/aromatic N) is 1. The summed E-state index contributed by atoms with van der Waals surface area (Å²) in [7, 11) is 1.66. The van der Waals surface area contributed by atoms with E-state index in [1.165, 1.54) is 11.0 Å². The summed E-state index contributed by atoms with van der Waals surface area (Å²) in [5.41, 5.74) is 0.825. The molecule has 1 aromatic carbocycles. The van der Waals surface area contributed by atoms with Crippen molar-refractivity contribution in [1.29, 1.82) is 0 Å². The number of halogens is 1. The Morgan fingerprint density at radius 3 is 2.93 bits per heavy atom. The van der Waals surface area contributed by atoms with Crippen molar-refractivity contribution in [2.45, 2.75) is 6.42 Å². The predicted octanol–water partition coefficient (Wildman–Crippen LogP) is 1.16. The Balaban J connectivity index is 2.60. The Labute approximate surface area is 80.8 Å². The second kappa shape index (κ2) is 2.97. The highest BCUT2D eigenvalue weighted by atomic mass is 19.1. The lowest BCUT2D eigenvalue weighted by molar-refractivity contribution is 0.0779. The molecule has 1 aliphatic rings. The zero-order valence-electron chi connectivity index (χ0n) is 7.75. The van der Waals surface area contributed by atoms with Gasteiger partial charge in [-0.05, 0) is 12.5 Å². The van der Waals surface area contributed by atoms with Crippen molar-refractivity contribution in [2.24, 2.45) is 0 Å². The lowest BCUT2D eigenvalue weighted by Gasteiger charge is -2.25. The first kappa shape index (κ1) is 8.99. The number of amides is 1. The van der Waals surface area contributed by atoms with Crippen LogP contribution in [-0.2, 0) is 6.42 Å². The second-order valence-corrected chi connectivity index (χ2v) is 3.43. The molecule has 0 atom stereocenters. The maximum atomic E-state index is 12.9. The van der Waals surface area contributed by atoms with Gasteiger partial charge in [-0.3, -0.25) is 4.79 Å². The Morgan fingerprint density at radius 1 is 1.50 bits per heavy atom. The Morgan fingerprint density at radius 2 is 2.21 bits per heavy atom. The van der Waals surface area contributed by atoms with E-state index in [-0.39, 0.29) is 17.2 Å². The molecule has 0 radical (unpaired) electrons. The minimum atomic E-state index is -0.579. The van der Waals surface area contributed by atoms with E-state index in [0.29, 0.717) is 18.5 Å². The molecule has 0 fully saturated rings. The van der Waals surface area contributed by atoms with Crippen molar-refractivity contribution < 1.29 is 14.3 Å². The van der Waals surface area contributed by atoms with E-state index in [9.17, 15) is 14.3 Å². The van der Waals surface area contributed by atoms with Crippen molar-refractivity contribution in [1.82, 2.24) is 4.90 Å². The number of hydrogen-bond acceptors (Lipinski definition) is 2. The molecule has 0 saturated carbocycles. The van der Waals surface area contributed by atoms with E-state index in [2.05, 4.69) is 0 Å². The Hall–Kier alpha value is -1.58. The number of rotatable bonds is 0. The number of likely N-dealkylation sites (N-methyl/N-ethyl adjacent to an activating group) is 1. The fourth-order valence-corrected chi connectivity index (χ4v) is 1.66. The first-order valence-electron chi connectivity index (χ1n) is 4.36. The van der Waals surface area contributed by atoms with Gasteiger partial charge >= 0.3 is 0 Å². The molecule has 1 amide bonds. The molecule has 74 valence electrons. The van der Waals surface area contributed by atoms with Gasteiger partial charge in [0.2, 0.25) is 0 Å². The number of carbonyl (C=O) groups is 1. The summed E-state index contributed by atoms with van der Waals surface area (Å²) >= 11 is 0. The maximum Gasteiger partial charge on any atom is 0.254 e. The standard InChI is InChI=1S/C10H10FNO2/c1-12-3-2-7-8(10(12)14)4-6(11)5-9(7)13/h4-5,13H,2-3H2,1H3. The highest BCUT2D eigenvalue weighted by molar-refractivity contribution is 5.97. The summed E-state index contributed by atoms with van der Waals surface area (Å²) in [4.78, 5) is 13.1. The number of phenolic OH excluding ortho intramolecular Hbond substituents is 1. The summed E-state index contributed by atoms with van der Waals surface area (Å²) in [6.07, 6.45) is 0.573. The third-order valence-electron chi connectivity index (χ3n) is 2.47. The topological polar surface area (TPSA) is 40.5 Å². The van der Waals surface area contributed by atoms with Crippen LogP contribution in [0.15, 0.2) is 12.1 Å². The zero-order valence-corrected chi connectivity index (χ0v) is 7.75. The van der Waals surface area contributed by atoms with Crippen LogP contribution in [0.5, 0.6) is 5.75 Å². The highest BCUT2D eigenvalue weighted by Crippen LogP contribution is 2.27. The van der Waals surface area contributed by atoms with Gasteiger partial charge in [-0.2, -0.15) is 0 Å². The van der Waals surface area contributed by atoms with Gasteiger partial charge in [0.05, 0.1) is 0 Å². The fourth-order valence-electron chi connectivity index (χ4n) is 1.66.